The van der Waals surface area contributed by atoms with Crippen LogP contribution in [0.5, 0.6) is 5.75 Å². The molecular weight excluding hydrogens is 366 g/mol. The van der Waals surface area contributed by atoms with Gasteiger partial charge in [0.05, 0.1) is 12.9 Å². The number of carbonyl (C=O) groups is 1. The summed E-state index contributed by atoms with van der Waals surface area (Å²) in [6.07, 6.45) is 2.11. The van der Waals surface area contributed by atoms with Gasteiger partial charge in [-0.1, -0.05) is 11.8 Å². The highest BCUT2D eigenvalue weighted by Gasteiger charge is 2.19. The van der Waals surface area contributed by atoms with Crippen molar-refractivity contribution in [1.82, 2.24) is 24.5 Å². The Hall–Kier alpha value is -2.81. The predicted molar refractivity (Wildman–Crippen MR) is 102 cm³/mol. The van der Waals surface area contributed by atoms with Gasteiger partial charge in [-0.15, -0.1) is 0 Å². The highest BCUT2D eigenvalue weighted by molar-refractivity contribution is 7.99. The van der Waals surface area contributed by atoms with Crippen molar-refractivity contribution in [2.24, 2.45) is 0 Å². The van der Waals surface area contributed by atoms with Crippen LogP contribution in [0.4, 0.5) is 0 Å². The van der Waals surface area contributed by atoms with Crippen molar-refractivity contribution in [3.05, 3.63) is 40.7 Å². The van der Waals surface area contributed by atoms with Crippen molar-refractivity contribution in [3.63, 3.8) is 0 Å². The largest absolute Gasteiger partial charge is 0.497 e. The van der Waals surface area contributed by atoms with Crippen molar-refractivity contribution < 1.29 is 9.53 Å². The molecule has 0 radical (unpaired) electrons. The zero-order chi connectivity index (χ0) is 18.8. The SMILES string of the molecule is COc1ccc(-c2nc(SCC(=O)N3CCCC3)n3[nH]c(=O)cc3n2)cc1. The molecule has 0 unspecified atom stereocenters. The normalized spacial score (nSPS) is 14.0. The van der Waals surface area contributed by atoms with Gasteiger partial charge in [0.2, 0.25) is 5.91 Å². The molecule has 1 N–H and O–H groups in total. The van der Waals surface area contributed by atoms with Crippen LogP contribution >= 0.6 is 11.8 Å². The number of fused-ring (bicyclic) bond motifs is 1. The van der Waals surface area contributed by atoms with Gasteiger partial charge in [-0.2, -0.15) is 0 Å². The van der Waals surface area contributed by atoms with Crippen LogP contribution in [0.2, 0.25) is 0 Å². The summed E-state index contributed by atoms with van der Waals surface area (Å²) in [5, 5.41) is 3.22. The first kappa shape index (κ1) is 17.6. The van der Waals surface area contributed by atoms with Crippen LogP contribution in [0.15, 0.2) is 40.3 Å². The third-order valence-electron chi connectivity index (χ3n) is 4.46. The average molecular weight is 385 g/mol. The number of thioether (sulfide) groups is 1. The molecule has 4 rings (SSSR count). The van der Waals surface area contributed by atoms with Crippen molar-refractivity contribution in [1.29, 1.82) is 0 Å². The number of aromatic amines is 1. The van der Waals surface area contributed by atoms with Gasteiger partial charge in [0.15, 0.2) is 16.6 Å². The smallest absolute Gasteiger partial charge is 0.266 e. The van der Waals surface area contributed by atoms with E-state index in [1.807, 2.05) is 29.2 Å². The Morgan fingerprint density at radius 2 is 1.96 bits per heavy atom. The molecule has 0 bridgehead atoms. The van der Waals surface area contributed by atoms with E-state index in [1.54, 1.807) is 7.11 Å². The third kappa shape index (κ3) is 3.68. The molecule has 0 atom stereocenters. The van der Waals surface area contributed by atoms with Crippen LogP contribution in [0.3, 0.4) is 0 Å². The summed E-state index contributed by atoms with van der Waals surface area (Å²) in [5.74, 6) is 1.59. The number of benzene rings is 1. The number of methoxy groups -OCH3 is 1. The number of nitrogens with one attached hydrogen (secondary N) is 1. The summed E-state index contributed by atoms with van der Waals surface area (Å²) in [7, 11) is 1.61. The predicted octanol–water partition coefficient (Wildman–Crippen LogP) is 1.81. The minimum atomic E-state index is -0.260. The zero-order valence-corrected chi connectivity index (χ0v) is 15.7. The van der Waals surface area contributed by atoms with Crippen LogP contribution in [0.25, 0.3) is 17.0 Å². The molecule has 1 aliphatic rings. The summed E-state index contributed by atoms with van der Waals surface area (Å²) in [6.45, 7) is 1.63. The van der Waals surface area contributed by atoms with E-state index in [0.717, 1.165) is 37.2 Å². The topological polar surface area (TPSA) is 92.6 Å². The van der Waals surface area contributed by atoms with Gasteiger partial charge in [-0.25, -0.2) is 14.5 Å². The number of aromatic nitrogens is 4. The summed E-state index contributed by atoms with van der Waals surface area (Å²) in [6, 6.07) is 8.80. The fraction of sp³-hybridized carbons (Fsp3) is 0.333. The van der Waals surface area contributed by atoms with Gasteiger partial charge in [-0.05, 0) is 37.1 Å². The first-order valence-electron chi connectivity index (χ1n) is 8.69. The average Bonchev–Trinajstić information content (AvgIpc) is 3.34. The van der Waals surface area contributed by atoms with Crippen LogP contribution in [0, 0.1) is 0 Å². The second kappa shape index (κ2) is 7.43. The molecule has 0 aliphatic carbocycles. The molecule has 3 aromatic rings. The lowest BCUT2D eigenvalue weighted by molar-refractivity contribution is -0.127. The number of hydrogen-bond donors (Lipinski definition) is 1. The first-order chi connectivity index (χ1) is 13.1. The van der Waals surface area contributed by atoms with Gasteiger partial charge >= 0.3 is 0 Å². The van der Waals surface area contributed by atoms with Crippen LogP contribution < -0.4 is 10.3 Å². The fourth-order valence-corrected chi connectivity index (χ4v) is 3.89. The second-order valence-corrected chi connectivity index (χ2v) is 7.19. The van der Waals surface area contributed by atoms with E-state index >= 15 is 0 Å². The summed E-state index contributed by atoms with van der Waals surface area (Å²) >= 11 is 1.30. The summed E-state index contributed by atoms with van der Waals surface area (Å²) < 4.78 is 6.70. The molecule has 1 aliphatic heterocycles. The van der Waals surface area contributed by atoms with Crippen molar-refractivity contribution in [2.45, 2.75) is 18.0 Å². The number of rotatable bonds is 5. The third-order valence-corrected chi connectivity index (χ3v) is 5.38. The minimum Gasteiger partial charge on any atom is -0.497 e. The van der Waals surface area contributed by atoms with Crippen molar-refractivity contribution >= 4 is 23.3 Å². The van der Waals surface area contributed by atoms with Crippen LogP contribution in [-0.4, -0.2) is 56.3 Å². The van der Waals surface area contributed by atoms with Gasteiger partial charge in [0.25, 0.3) is 5.56 Å². The Bertz CT molecular complexity index is 1020. The molecule has 140 valence electrons. The molecular formula is C18H19N5O3S. The summed E-state index contributed by atoms with van der Waals surface area (Å²) in [5.41, 5.74) is 1.01. The Labute approximate surface area is 159 Å². The quantitative estimate of drug-likeness (QED) is 0.674. The summed E-state index contributed by atoms with van der Waals surface area (Å²) in [4.78, 5) is 35.0. The highest BCUT2D eigenvalue weighted by atomic mass is 32.2. The standard InChI is InChI=1S/C18H19N5O3S/c1-26-13-6-4-12(5-7-13)17-19-14-10-15(24)21-23(14)18(20-17)27-11-16(25)22-8-2-3-9-22/h4-7,10H,2-3,8-9,11H2,1H3,(H,21,24). The van der Waals surface area contributed by atoms with Gasteiger partial charge in [0, 0.05) is 24.7 Å². The molecule has 2 aromatic heterocycles. The number of ether oxygens (including phenoxy) is 1. The number of carbonyl (C=O) groups excluding carboxylic acids is 1. The van der Waals surface area contributed by atoms with Crippen LogP contribution in [-0.2, 0) is 4.79 Å². The molecule has 0 spiro atoms. The lowest BCUT2D eigenvalue weighted by Gasteiger charge is -2.14. The maximum atomic E-state index is 12.4. The number of hydrogen-bond acceptors (Lipinski definition) is 6. The molecule has 1 fully saturated rings. The number of amides is 1. The van der Waals surface area contributed by atoms with Gasteiger partial charge in [-0.3, -0.25) is 14.7 Å². The number of H-pyrrole nitrogens is 1. The van der Waals surface area contributed by atoms with Crippen LogP contribution in [0.1, 0.15) is 12.8 Å². The monoisotopic (exact) mass is 385 g/mol. The lowest BCUT2D eigenvalue weighted by atomic mass is 10.2. The minimum absolute atomic E-state index is 0.0877. The molecule has 1 saturated heterocycles. The Balaban J connectivity index is 1.65. The molecule has 8 nitrogen and oxygen atoms in total. The molecule has 9 heteroatoms. The maximum absolute atomic E-state index is 12.4. The highest BCUT2D eigenvalue weighted by Crippen LogP contribution is 2.24. The molecule has 0 saturated carbocycles. The van der Waals surface area contributed by atoms with E-state index in [1.165, 1.54) is 22.3 Å². The van der Waals surface area contributed by atoms with E-state index in [9.17, 15) is 9.59 Å². The van der Waals surface area contributed by atoms with Gasteiger partial charge < -0.3 is 9.64 Å². The Morgan fingerprint density at radius 3 is 2.67 bits per heavy atom. The van der Waals surface area contributed by atoms with E-state index in [4.69, 9.17) is 4.74 Å². The number of likely N-dealkylation sites (tertiary alicyclic amines) is 1. The van der Waals surface area contributed by atoms with E-state index in [0.29, 0.717) is 16.6 Å². The Kier molecular flexibility index (Phi) is 4.85. The van der Waals surface area contributed by atoms with Crippen molar-refractivity contribution in [3.8, 4) is 17.1 Å². The van der Waals surface area contributed by atoms with Gasteiger partial charge in [0.1, 0.15) is 5.75 Å². The number of nitrogens with zero attached hydrogens (tertiary/aromatic N) is 4. The molecule has 1 amide bonds. The fourth-order valence-electron chi connectivity index (χ4n) is 3.03. The zero-order valence-electron chi connectivity index (χ0n) is 14.8. The lowest BCUT2D eigenvalue weighted by Crippen LogP contribution is -2.29. The Morgan fingerprint density at radius 1 is 1.22 bits per heavy atom. The maximum Gasteiger partial charge on any atom is 0.266 e. The van der Waals surface area contributed by atoms with E-state index in [2.05, 4.69) is 15.1 Å². The molecule has 1 aromatic carbocycles. The van der Waals surface area contributed by atoms with E-state index in [-0.39, 0.29) is 17.2 Å². The first-order valence-corrected chi connectivity index (χ1v) is 9.67. The van der Waals surface area contributed by atoms with Crippen molar-refractivity contribution in [2.75, 3.05) is 26.0 Å². The molecule has 27 heavy (non-hydrogen) atoms. The second-order valence-electron chi connectivity index (χ2n) is 6.25. The molecule has 3 heterocycles. The van der Waals surface area contributed by atoms with E-state index < -0.39 is 0 Å².